The number of amides is 4. The highest BCUT2D eigenvalue weighted by molar-refractivity contribution is 5.96. The quantitative estimate of drug-likeness (QED) is 0.0626. The lowest BCUT2D eigenvalue weighted by Crippen LogP contribution is -2.52. The fourth-order valence-electron chi connectivity index (χ4n) is 12.0. The summed E-state index contributed by atoms with van der Waals surface area (Å²) in [5.41, 5.74) is 6.07. The summed E-state index contributed by atoms with van der Waals surface area (Å²) in [7, 11) is 0. The minimum Gasteiger partial charge on any atom is -0.392 e. The van der Waals surface area contributed by atoms with E-state index in [1.807, 2.05) is 30.3 Å². The van der Waals surface area contributed by atoms with Gasteiger partial charge in [-0.05, 0) is 134 Å². The molecule has 0 radical (unpaired) electrons. The molecule has 6 rings (SSSR count). The van der Waals surface area contributed by atoms with E-state index in [0.29, 0.717) is 36.2 Å². The maximum atomic E-state index is 13.2. The number of rotatable bonds is 21. The zero-order valence-corrected chi connectivity index (χ0v) is 38.9. The standard InChI is InChI=1S/C53H76N4O6/c1-36(2)12-10-13-37(3)52(5)28-26-45-43-21-18-40-33-42(24-27-51(40,4)44(43)25-29-53(45,52)6)63-31-11-30-54-47(59)22-23-48(60)57-46(32-38-14-8-7-9-15-38)50(62)55-34-49(61)56-41-19-16-39(35-58)17-20-41/h7-9,14-20,36,42-46,58H,3,10-13,21-35H2,1-2,4-6H3,(H,54,59)(H,55,62)(H,56,61)(H,57,60)/t42-,43+,44-,45?,46?,51-,52?,53-/m0/s1. The van der Waals surface area contributed by atoms with Crippen molar-refractivity contribution in [3.8, 4) is 0 Å². The molecule has 10 heteroatoms. The largest absolute Gasteiger partial charge is 0.392 e. The van der Waals surface area contributed by atoms with Gasteiger partial charge in [-0.2, -0.15) is 0 Å². The smallest absolute Gasteiger partial charge is 0.243 e. The van der Waals surface area contributed by atoms with E-state index in [1.165, 1.54) is 63.4 Å². The Morgan fingerprint density at radius 3 is 2.29 bits per heavy atom. The average molecular weight is 865 g/mol. The first-order chi connectivity index (χ1) is 30.1. The predicted molar refractivity (Wildman–Crippen MR) is 250 cm³/mol. The molecule has 3 unspecified atom stereocenters. The number of carbonyl (C=O) groups excluding carboxylic acids is 4. The Hall–Kier alpha value is -4.28. The van der Waals surface area contributed by atoms with Crippen LogP contribution in [-0.4, -0.2) is 60.6 Å². The van der Waals surface area contributed by atoms with Crippen LogP contribution in [0.1, 0.15) is 136 Å². The van der Waals surface area contributed by atoms with Crippen molar-refractivity contribution >= 4 is 29.3 Å². The highest BCUT2D eigenvalue weighted by Gasteiger charge is 2.62. The normalized spacial score (nSPS) is 27.8. The van der Waals surface area contributed by atoms with Gasteiger partial charge in [0.05, 0.1) is 19.3 Å². The summed E-state index contributed by atoms with van der Waals surface area (Å²) in [4.78, 5) is 51.5. The molecular weight excluding hydrogens is 789 g/mol. The molecule has 8 atom stereocenters. The third-order valence-electron chi connectivity index (χ3n) is 16.1. The van der Waals surface area contributed by atoms with Gasteiger partial charge in [0.2, 0.25) is 23.6 Å². The fraction of sp³-hybridized carbons (Fsp3) is 0.623. The number of allylic oxidation sites excluding steroid dienone is 2. The average Bonchev–Trinajstić information content (AvgIpc) is 3.55. The third kappa shape index (κ3) is 11.7. The van der Waals surface area contributed by atoms with Crippen LogP contribution in [0.5, 0.6) is 0 Å². The van der Waals surface area contributed by atoms with Crippen molar-refractivity contribution in [2.24, 2.45) is 39.9 Å². The molecule has 0 spiro atoms. The van der Waals surface area contributed by atoms with Gasteiger partial charge in [-0.1, -0.05) is 107 Å². The first-order valence-electron chi connectivity index (χ1n) is 24.0. The zero-order valence-electron chi connectivity index (χ0n) is 38.9. The van der Waals surface area contributed by atoms with Crippen LogP contribution in [0.3, 0.4) is 0 Å². The molecule has 0 heterocycles. The second-order valence-electron chi connectivity index (χ2n) is 20.3. The summed E-state index contributed by atoms with van der Waals surface area (Å²) in [6.45, 7) is 17.8. The second-order valence-corrected chi connectivity index (χ2v) is 20.3. The maximum Gasteiger partial charge on any atom is 0.243 e. The minimum absolute atomic E-state index is 0.00628. The van der Waals surface area contributed by atoms with Gasteiger partial charge in [0.1, 0.15) is 6.04 Å². The van der Waals surface area contributed by atoms with Gasteiger partial charge in [0.25, 0.3) is 0 Å². The Balaban J connectivity index is 0.899. The molecule has 4 aliphatic rings. The van der Waals surface area contributed by atoms with E-state index in [1.54, 1.807) is 29.8 Å². The molecule has 344 valence electrons. The highest BCUT2D eigenvalue weighted by atomic mass is 16.5. The maximum absolute atomic E-state index is 13.2. The van der Waals surface area contributed by atoms with Crippen molar-refractivity contribution in [3.05, 3.63) is 89.5 Å². The van der Waals surface area contributed by atoms with E-state index in [9.17, 15) is 24.3 Å². The molecule has 5 N–H and O–H groups in total. The Bertz CT molecular complexity index is 1930. The number of carbonyl (C=O) groups is 4. The highest BCUT2D eigenvalue weighted by Crippen LogP contribution is 2.71. The Morgan fingerprint density at radius 1 is 0.825 bits per heavy atom. The van der Waals surface area contributed by atoms with Gasteiger partial charge >= 0.3 is 0 Å². The van der Waals surface area contributed by atoms with Gasteiger partial charge < -0.3 is 31.1 Å². The summed E-state index contributed by atoms with van der Waals surface area (Å²) < 4.78 is 6.43. The molecule has 63 heavy (non-hydrogen) atoms. The summed E-state index contributed by atoms with van der Waals surface area (Å²) in [5.74, 6) is 1.46. The van der Waals surface area contributed by atoms with Crippen LogP contribution in [0.15, 0.2) is 78.4 Å². The predicted octanol–water partition coefficient (Wildman–Crippen LogP) is 8.98. The molecule has 2 aromatic rings. The van der Waals surface area contributed by atoms with Crippen molar-refractivity contribution in [1.29, 1.82) is 0 Å². The zero-order chi connectivity index (χ0) is 45.2. The van der Waals surface area contributed by atoms with Gasteiger partial charge in [-0.15, -0.1) is 0 Å². The molecule has 0 aromatic heterocycles. The lowest BCUT2D eigenvalue weighted by Gasteiger charge is -2.60. The van der Waals surface area contributed by atoms with Gasteiger partial charge in [-0.25, -0.2) is 0 Å². The molecule has 10 nitrogen and oxygen atoms in total. The molecule has 3 fully saturated rings. The van der Waals surface area contributed by atoms with Crippen LogP contribution < -0.4 is 21.3 Å². The fourth-order valence-corrected chi connectivity index (χ4v) is 12.0. The number of aliphatic hydroxyl groups excluding tert-OH is 1. The second kappa shape index (κ2) is 21.6. The van der Waals surface area contributed by atoms with Crippen molar-refractivity contribution in [2.75, 3.05) is 25.0 Å². The molecule has 2 aromatic carbocycles. The van der Waals surface area contributed by atoms with Crippen LogP contribution in [0.4, 0.5) is 5.69 Å². The number of anilines is 1. The lowest BCUT2D eigenvalue weighted by atomic mass is 9.45. The number of hydrogen-bond donors (Lipinski definition) is 5. The molecule has 0 saturated heterocycles. The summed E-state index contributed by atoms with van der Waals surface area (Å²) in [5, 5.41) is 20.3. The third-order valence-corrected chi connectivity index (χ3v) is 16.1. The number of nitrogens with one attached hydrogen (secondary N) is 4. The molecule has 4 aliphatic carbocycles. The Kier molecular flexibility index (Phi) is 16.5. The molecule has 4 amide bonds. The van der Waals surface area contributed by atoms with Crippen molar-refractivity contribution in [2.45, 2.75) is 150 Å². The molecule has 0 aliphatic heterocycles. The van der Waals surface area contributed by atoms with Crippen molar-refractivity contribution in [1.82, 2.24) is 16.0 Å². The van der Waals surface area contributed by atoms with Gasteiger partial charge in [0, 0.05) is 38.1 Å². The van der Waals surface area contributed by atoms with Crippen molar-refractivity contribution < 1.29 is 29.0 Å². The Morgan fingerprint density at radius 2 is 1.56 bits per heavy atom. The van der Waals surface area contributed by atoms with Gasteiger partial charge in [0.15, 0.2) is 0 Å². The van der Waals surface area contributed by atoms with E-state index in [2.05, 4.69) is 62.0 Å². The van der Waals surface area contributed by atoms with Gasteiger partial charge in [-0.3, -0.25) is 19.2 Å². The van der Waals surface area contributed by atoms with E-state index in [0.717, 1.165) is 42.1 Å². The van der Waals surface area contributed by atoms with E-state index in [-0.39, 0.29) is 55.3 Å². The number of hydrogen-bond acceptors (Lipinski definition) is 6. The van der Waals surface area contributed by atoms with Crippen LogP contribution in [-0.2, 0) is 36.9 Å². The first kappa shape index (κ1) is 48.2. The molecular formula is C53H76N4O6. The first-order valence-corrected chi connectivity index (χ1v) is 24.0. The number of aliphatic hydroxyl groups is 1. The van der Waals surface area contributed by atoms with E-state index in [4.69, 9.17) is 11.3 Å². The SMILES string of the molecule is C=C(CCCC(C)C)C1(C)CCC2[C@@H]3CC=C4C[C@@H](OCCCNC(=O)CCC(=O)NC(Cc5ccccc5)C(=O)NCC(=O)Nc5ccc(CO)cc5)CC[C@]4(C)[C@H]3CC[C@@]21C. The van der Waals surface area contributed by atoms with Crippen molar-refractivity contribution in [3.63, 3.8) is 0 Å². The van der Waals surface area contributed by atoms with Crippen LogP contribution >= 0.6 is 0 Å². The molecule has 3 saturated carbocycles. The van der Waals surface area contributed by atoms with E-state index < -0.39 is 23.8 Å². The van der Waals surface area contributed by atoms with Crippen LogP contribution in [0.25, 0.3) is 0 Å². The number of fused-ring (bicyclic) bond motifs is 5. The Labute approximate surface area is 377 Å². The summed E-state index contributed by atoms with van der Waals surface area (Å²) >= 11 is 0. The minimum atomic E-state index is -0.933. The molecule has 0 bridgehead atoms. The number of benzene rings is 2. The lowest BCUT2D eigenvalue weighted by molar-refractivity contribution is -0.130. The summed E-state index contributed by atoms with van der Waals surface area (Å²) in [6, 6.07) is 15.1. The van der Waals surface area contributed by atoms with Crippen LogP contribution in [0.2, 0.25) is 0 Å². The van der Waals surface area contributed by atoms with E-state index >= 15 is 0 Å². The monoisotopic (exact) mass is 865 g/mol. The summed E-state index contributed by atoms with van der Waals surface area (Å²) in [6.07, 6.45) is 17.1. The topological polar surface area (TPSA) is 146 Å². The van der Waals surface area contributed by atoms with Crippen LogP contribution in [0, 0.1) is 39.9 Å². The number of ether oxygens (including phenoxy) is 1.